The molecule has 0 spiro atoms. The maximum absolute atomic E-state index is 6.17. The second-order valence-electron chi connectivity index (χ2n) is 4.86. The van der Waals surface area contributed by atoms with Gasteiger partial charge in [-0.15, -0.1) is 11.8 Å². The quantitative estimate of drug-likeness (QED) is 0.915. The summed E-state index contributed by atoms with van der Waals surface area (Å²) in [5.74, 6) is 2.97. The van der Waals surface area contributed by atoms with E-state index in [1.807, 2.05) is 36.0 Å². The molecular weight excluding hydrogens is 270 g/mol. The predicted molar refractivity (Wildman–Crippen MR) is 81.5 cm³/mol. The van der Waals surface area contributed by atoms with Gasteiger partial charge in [0.05, 0.1) is 12.3 Å². The maximum Gasteiger partial charge on any atom is 0.133 e. The van der Waals surface area contributed by atoms with E-state index in [2.05, 4.69) is 24.4 Å². The van der Waals surface area contributed by atoms with Crippen molar-refractivity contribution in [3.63, 3.8) is 0 Å². The second-order valence-corrected chi connectivity index (χ2v) is 5.92. The molecule has 0 saturated carbocycles. The minimum absolute atomic E-state index is 0.167. The van der Waals surface area contributed by atoms with Gasteiger partial charge in [0.2, 0.25) is 0 Å². The zero-order valence-electron chi connectivity index (χ0n) is 11.5. The molecule has 2 atom stereocenters. The van der Waals surface area contributed by atoms with Gasteiger partial charge in [0.1, 0.15) is 17.6 Å². The van der Waals surface area contributed by atoms with Crippen LogP contribution in [0.4, 0.5) is 0 Å². The Labute approximate surface area is 123 Å². The Morgan fingerprint density at radius 1 is 1.30 bits per heavy atom. The van der Waals surface area contributed by atoms with Crippen molar-refractivity contribution in [2.45, 2.75) is 30.4 Å². The highest BCUT2D eigenvalue weighted by atomic mass is 32.2. The van der Waals surface area contributed by atoms with Gasteiger partial charge >= 0.3 is 0 Å². The van der Waals surface area contributed by atoms with Crippen LogP contribution >= 0.6 is 11.8 Å². The third kappa shape index (κ3) is 3.02. The molecule has 4 heteroatoms. The molecule has 2 unspecified atom stereocenters. The van der Waals surface area contributed by atoms with E-state index in [0.717, 1.165) is 30.2 Å². The lowest BCUT2D eigenvalue weighted by atomic mass is 10.1. The number of para-hydroxylation sites is 1. The van der Waals surface area contributed by atoms with Crippen molar-refractivity contribution in [3.05, 3.63) is 48.4 Å². The molecule has 2 heterocycles. The third-order valence-electron chi connectivity index (χ3n) is 3.45. The van der Waals surface area contributed by atoms with E-state index in [9.17, 15) is 0 Å². The van der Waals surface area contributed by atoms with Crippen LogP contribution in [0.5, 0.6) is 5.75 Å². The largest absolute Gasteiger partial charge is 0.487 e. The number of furan rings is 1. The van der Waals surface area contributed by atoms with Crippen LogP contribution in [0.25, 0.3) is 0 Å². The summed E-state index contributed by atoms with van der Waals surface area (Å²) in [5, 5.41) is 3.52. The molecule has 1 N–H and O–H groups in total. The van der Waals surface area contributed by atoms with Gasteiger partial charge in [-0.3, -0.25) is 0 Å². The van der Waals surface area contributed by atoms with E-state index in [0.29, 0.717) is 0 Å². The number of thioether (sulfide) groups is 1. The van der Waals surface area contributed by atoms with Crippen LogP contribution in [0.2, 0.25) is 0 Å². The molecule has 0 radical (unpaired) electrons. The average molecular weight is 289 g/mol. The lowest BCUT2D eigenvalue weighted by Gasteiger charge is -2.32. The molecule has 1 aliphatic heterocycles. The summed E-state index contributed by atoms with van der Waals surface area (Å²) in [6.07, 6.45) is 2.75. The summed E-state index contributed by atoms with van der Waals surface area (Å²) in [5.41, 5.74) is 0. The van der Waals surface area contributed by atoms with Crippen molar-refractivity contribution < 1.29 is 9.15 Å². The van der Waals surface area contributed by atoms with Crippen molar-refractivity contribution in [3.8, 4) is 5.75 Å². The number of fused-ring (bicyclic) bond motifs is 1. The Morgan fingerprint density at radius 2 is 2.20 bits per heavy atom. The summed E-state index contributed by atoms with van der Waals surface area (Å²) in [7, 11) is 0. The molecule has 1 aliphatic rings. The van der Waals surface area contributed by atoms with Crippen LogP contribution in [0.15, 0.2) is 52.0 Å². The molecule has 0 fully saturated rings. The van der Waals surface area contributed by atoms with E-state index >= 15 is 0 Å². The summed E-state index contributed by atoms with van der Waals surface area (Å²) < 4.78 is 11.6. The number of likely N-dealkylation sites (N-methyl/N-ethyl adjacent to an activating group) is 1. The third-order valence-corrected chi connectivity index (χ3v) is 4.59. The summed E-state index contributed by atoms with van der Waals surface area (Å²) >= 11 is 1.87. The fourth-order valence-corrected chi connectivity index (χ4v) is 3.55. The Hall–Kier alpha value is -1.39. The van der Waals surface area contributed by atoms with Crippen molar-refractivity contribution in [1.29, 1.82) is 0 Å². The van der Waals surface area contributed by atoms with E-state index in [1.165, 1.54) is 4.90 Å². The SMILES string of the molecule is CCNC(Cc1ccco1)C1CSc2ccccc2O1. The first-order valence-corrected chi connectivity index (χ1v) is 7.99. The van der Waals surface area contributed by atoms with Crippen molar-refractivity contribution in [2.24, 2.45) is 0 Å². The normalized spacial score (nSPS) is 19.1. The minimum atomic E-state index is 0.167. The number of nitrogens with one attached hydrogen (secondary N) is 1. The highest BCUT2D eigenvalue weighted by Crippen LogP contribution is 2.36. The Morgan fingerprint density at radius 3 is 3.00 bits per heavy atom. The zero-order valence-corrected chi connectivity index (χ0v) is 12.4. The predicted octanol–water partition coefficient (Wildman–Crippen LogP) is 3.35. The van der Waals surface area contributed by atoms with Crippen LogP contribution in [0, 0.1) is 0 Å². The minimum Gasteiger partial charge on any atom is -0.487 e. The summed E-state index contributed by atoms with van der Waals surface area (Å²) in [6, 6.07) is 12.5. The highest BCUT2D eigenvalue weighted by Gasteiger charge is 2.28. The molecule has 106 valence electrons. The molecule has 0 amide bonds. The first-order valence-electron chi connectivity index (χ1n) is 7.01. The molecular formula is C16H19NO2S. The molecule has 1 aromatic heterocycles. The molecule has 1 aromatic carbocycles. The molecule has 0 aliphatic carbocycles. The fourth-order valence-electron chi connectivity index (χ4n) is 2.48. The molecule has 0 saturated heterocycles. The van der Waals surface area contributed by atoms with Crippen LogP contribution in [0.3, 0.4) is 0 Å². The van der Waals surface area contributed by atoms with E-state index < -0.39 is 0 Å². The van der Waals surface area contributed by atoms with Crippen LogP contribution in [-0.2, 0) is 6.42 Å². The van der Waals surface area contributed by atoms with Gasteiger partial charge in [0, 0.05) is 17.1 Å². The number of hydrogen-bond donors (Lipinski definition) is 1. The lowest BCUT2D eigenvalue weighted by Crippen LogP contribution is -2.47. The Kier molecular flexibility index (Phi) is 4.33. The van der Waals surface area contributed by atoms with Crippen LogP contribution in [-0.4, -0.2) is 24.4 Å². The van der Waals surface area contributed by atoms with Crippen LogP contribution in [0.1, 0.15) is 12.7 Å². The Bertz CT molecular complexity index is 541. The number of rotatable bonds is 5. The highest BCUT2D eigenvalue weighted by molar-refractivity contribution is 7.99. The van der Waals surface area contributed by atoms with E-state index in [-0.39, 0.29) is 12.1 Å². The lowest BCUT2D eigenvalue weighted by molar-refractivity contribution is 0.163. The smallest absolute Gasteiger partial charge is 0.133 e. The molecule has 3 rings (SSSR count). The topological polar surface area (TPSA) is 34.4 Å². The molecule has 2 aromatic rings. The summed E-state index contributed by atoms with van der Waals surface area (Å²) in [4.78, 5) is 1.23. The van der Waals surface area contributed by atoms with Gasteiger partial charge < -0.3 is 14.5 Å². The number of ether oxygens (including phenoxy) is 1. The van der Waals surface area contributed by atoms with Crippen molar-refractivity contribution >= 4 is 11.8 Å². The molecule has 20 heavy (non-hydrogen) atoms. The first-order chi connectivity index (χ1) is 9.86. The van der Waals surface area contributed by atoms with Gasteiger partial charge in [0.15, 0.2) is 0 Å². The van der Waals surface area contributed by atoms with Gasteiger partial charge in [-0.2, -0.15) is 0 Å². The molecule has 0 bridgehead atoms. The van der Waals surface area contributed by atoms with Gasteiger partial charge in [-0.05, 0) is 30.8 Å². The number of hydrogen-bond acceptors (Lipinski definition) is 4. The van der Waals surface area contributed by atoms with E-state index in [1.54, 1.807) is 6.26 Å². The van der Waals surface area contributed by atoms with Crippen molar-refractivity contribution in [1.82, 2.24) is 5.32 Å². The Balaban J connectivity index is 1.72. The fraction of sp³-hybridized carbons (Fsp3) is 0.375. The maximum atomic E-state index is 6.17. The van der Waals surface area contributed by atoms with Crippen molar-refractivity contribution in [2.75, 3.05) is 12.3 Å². The first kappa shape index (κ1) is 13.6. The monoisotopic (exact) mass is 289 g/mol. The second kappa shape index (κ2) is 6.37. The van der Waals surface area contributed by atoms with Gasteiger partial charge in [-0.1, -0.05) is 19.1 Å². The van der Waals surface area contributed by atoms with E-state index in [4.69, 9.17) is 9.15 Å². The molecule has 3 nitrogen and oxygen atoms in total. The standard InChI is InChI=1S/C16H19NO2S/c1-2-17-13(10-12-6-5-9-18-12)15-11-20-16-8-4-3-7-14(16)19-15/h3-9,13,15,17H,2,10-11H2,1H3. The van der Waals surface area contributed by atoms with Crippen LogP contribution < -0.4 is 10.1 Å². The average Bonchev–Trinajstić information content (AvgIpc) is 2.99. The zero-order chi connectivity index (χ0) is 13.8. The van der Waals surface area contributed by atoms with Gasteiger partial charge in [0.25, 0.3) is 0 Å². The van der Waals surface area contributed by atoms with Gasteiger partial charge in [-0.25, -0.2) is 0 Å². The number of benzene rings is 1. The summed E-state index contributed by atoms with van der Waals surface area (Å²) in [6.45, 7) is 3.05.